The molecule has 0 saturated heterocycles. The molecule has 0 aliphatic carbocycles. The Kier molecular flexibility index (Phi) is 5.10. The van der Waals surface area contributed by atoms with E-state index in [2.05, 4.69) is 4.72 Å². The standard InChI is InChI=1S/C15H20N2O4S2/c1-4-21-14(18)13-8-10-7-11(5-6-12(10)22-13)23(19,20)17-15(2,3)9-16/h5-8,17H,4,9,16H2,1-3H3. The van der Waals surface area contributed by atoms with Gasteiger partial charge in [-0.25, -0.2) is 17.9 Å². The zero-order chi connectivity index (χ0) is 17.3. The predicted molar refractivity (Wildman–Crippen MR) is 91.2 cm³/mol. The first-order valence-electron chi connectivity index (χ1n) is 7.13. The van der Waals surface area contributed by atoms with Crippen molar-refractivity contribution in [2.45, 2.75) is 31.2 Å². The van der Waals surface area contributed by atoms with Crippen LogP contribution in [0.15, 0.2) is 29.2 Å². The lowest BCUT2D eigenvalue weighted by Crippen LogP contribution is -2.48. The molecule has 0 radical (unpaired) electrons. The summed E-state index contributed by atoms with van der Waals surface area (Å²) in [6.07, 6.45) is 0. The molecule has 0 aliphatic rings. The third-order valence-corrected chi connectivity index (χ3v) is 5.99. The molecule has 0 saturated carbocycles. The van der Waals surface area contributed by atoms with Gasteiger partial charge in [-0.1, -0.05) is 0 Å². The number of thiophene rings is 1. The van der Waals surface area contributed by atoms with E-state index in [0.29, 0.717) is 16.9 Å². The maximum absolute atomic E-state index is 12.4. The maximum Gasteiger partial charge on any atom is 0.348 e. The summed E-state index contributed by atoms with van der Waals surface area (Å²) in [6, 6.07) is 6.39. The molecule has 1 aromatic heterocycles. The molecule has 0 unspecified atom stereocenters. The number of carbonyl (C=O) groups is 1. The second-order valence-corrected chi connectivity index (χ2v) is 8.49. The zero-order valence-corrected chi connectivity index (χ0v) is 14.9. The third-order valence-electron chi connectivity index (χ3n) is 3.20. The van der Waals surface area contributed by atoms with E-state index in [1.807, 2.05) is 0 Å². The van der Waals surface area contributed by atoms with E-state index in [-0.39, 0.29) is 11.4 Å². The largest absolute Gasteiger partial charge is 0.462 e. The van der Waals surface area contributed by atoms with Gasteiger partial charge >= 0.3 is 5.97 Å². The molecule has 8 heteroatoms. The zero-order valence-electron chi connectivity index (χ0n) is 13.3. The summed E-state index contributed by atoms with van der Waals surface area (Å²) in [6.45, 7) is 5.64. The summed E-state index contributed by atoms with van der Waals surface area (Å²) in [5.74, 6) is -0.402. The Balaban J connectivity index is 2.38. The van der Waals surface area contributed by atoms with Crippen molar-refractivity contribution in [3.8, 4) is 0 Å². The second kappa shape index (κ2) is 6.56. The van der Waals surface area contributed by atoms with Crippen LogP contribution in [0.2, 0.25) is 0 Å². The molecule has 0 bridgehead atoms. The Morgan fingerprint density at radius 1 is 1.35 bits per heavy atom. The van der Waals surface area contributed by atoms with Crippen LogP contribution < -0.4 is 10.5 Å². The van der Waals surface area contributed by atoms with E-state index < -0.39 is 21.5 Å². The maximum atomic E-state index is 12.4. The highest BCUT2D eigenvalue weighted by Crippen LogP contribution is 2.28. The average Bonchev–Trinajstić information content (AvgIpc) is 2.89. The molecule has 23 heavy (non-hydrogen) atoms. The van der Waals surface area contributed by atoms with Crippen LogP contribution in [0.25, 0.3) is 10.1 Å². The van der Waals surface area contributed by atoms with Gasteiger partial charge in [-0.05, 0) is 50.4 Å². The molecule has 0 amide bonds. The van der Waals surface area contributed by atoms with E-state index in [4.69, 9.17) is 10.5 Å². The van der Waals surface area contributed by atoms with Crippen molar-refractivity contribution >= 4 is 37.4 Å². The number of nitrogens with two attached hydrogens (primary N) is 1. The van der Waals surface area contributed by atoms with Crippen LogP contribution in [-0.2, 0) is 14.8 Å². The Morgan fingerprint density at radius 2 is 2.04 bits per heavy atom. The quantitative estimate of drug-likeness (QED) is 0.772. The van der Waals surface area contributed by atoms with E-state index in [1.165, 1.54) is 17.4 Å². The molecule has 0 atom stereocenters. The van der Waals surface area contributed by atoms with Crippen molar-refractivity contribution in [1.82, 2.24) is 4.72 Å². The Labute approximate surface area is 139 Å². The molecule has 3 N–H and O–H groups in total. The number of carbonyl (C=O) groups excluding carboxylic acids is 1. The average molecular weight is 356 g/mol. The molecule has 0 aliphatic heterocycles. The van der Waals surface area contributed by atoms with Crippen LogP contribution in [0.4, 0.5) is 0 Å². The molecule has 126 valence electrons. The molecule has 0 spiro atoms. The SMILES string of the molecule is CCOC(=O)c1cc2cc(S(=O)(=O)NC(C)(C)CN)ccc2s1. The van der Waals surface area contributed by atoms with Gasteiger partial charge in [0.1, 0.15) is 4.88 Å². The van der Waals surface area contributed by atoms with Crippen molar-refractivity contribution in [2.24, 2.45) is 5.73 Å². The number of hydrogen-bond donors (Lipinski definition) is 2. The topological polar surface area (TPSA) is 98.5 Å². The van der Waals surface area contributed by atoms with Crippen LogP contribution in [0, 0.1) is 0 Å². The van der Waals surface area contributed by atoms with Crippen LogP contribution >= 0.6 is 11.3 Å². The minimum atomic E-state index is -3.68. The first-order chi connectivity index (χ1) is 10.7. The second-order valence-electron chi connectivity index (χ2n) is 5.72. The molecule has 1 heterocycles. The number of esters is 1. The fourth-order valence-corrected chi connectivity index (χ4v) is 4.35. The summed E-state index contributed by atoms with van der Waals surface area (Å²) in [5, 5.41) is 0.687. The lowest BCUT2D eigenvalue weighted by Gasteiger charge is -2.23. The van der Waals surface area contributed by atoms with Crippen LogP contribution in [0.3, 0.4) is 0 Å². The van der Waals surface area contributed by atoms with Gasteiger partial charge < -0.3 is 10.5 Å². The van der Waals surface area contributed by atoms with Crippen molar-refractivity contribution in [2.75, 3.05) is 13.2 Å². The highest BCUT2D eigenvalue weighted by atomic mass is 32.2. The molecule has 2 aromatic rings. The van der Waals surface area contributed by atoms with E-state index in [1.54, 1.807) is 39.0 Å². The smallest absolute Gasteiger partial charge is 0.348 e. The van der Waals surface area contributed by atoms with Gasteiger partial charge in [-0.2, -0.15) is 0 Å². The summed E-state index contributed by atoms with van der Waals surface area (Å²) in [5.41, 5.74) is 4.83. The van der Waals surface area contributed by atoms with Gasteiger partial charge in [0.25, 0.3) is 0 Å². The van der Waals surface area contributed by atoms with Crippen LogP contribution in [0.5, 0.6) is 0 Å². The van der Waals surface area contributed by atoms with Crippen LogP contribution in [0.1, 0.15) is 30.4 Å². The third kappa shape index (κ3) is 4.08. The number of rotatable bonds is 6. The van der Waals surface area contributed by atoms with E-state index in [9.17, 15) is 13.2 Å². The number of benzene rings is 1. The highest BCUT2D eigenvalue weighted by Gasteiger charge is 2.25. The number of sulfonamides is 1. The fourth-order valence-electron chi connectivity index (χ4n) is 1.96. The summed E-state index contributed by atoms with van der Waals surface area (Å²) in [4.78, 5) is 12.4. The molecule has 2 rings (SSSR count). The minimum Gasteiger partial charge on any atom is -0.462 e. The van der Waals surface area contributed by atoms with Crippen molar-refractivity contribution < 1.29 is 17.9 Å². The lowest BCUT2D eigenvalue weighted by atomic mass is 10.1. The fraction of sp³-hybridized carbons (Fsp3) is 0.400. The Morgan fingerprint density at radius 3 is 2.65 bits per heavy atom. The molecular formula is C15H20N2O4S2. The van der Waals surface area contributed by atoms with E-state index in [0.717, 1.165) is 4.70 Å². The van der Waals surface area contributed by atoms with Crippen molar-refractivity contribution in [3.05, 3.63) is 29.1 Å². The number of fused-ring (bicyclic) bond motifs is 1. The van der Waals surface area contributed by atoms with Gasteiger partial charge in [0.15, 0.2) is 0 Å². The summed E-state index contributed by atoms with van der Waals surface area (Å²) >= 11 is 1.27. The normalized spacial score (nSPS) is 12.5. The number of hydrogen-bond acceptors (Lipinski definition) is 6. The van der Waals surface area contributed by atoms with E-state index >= 15 is 0 Å². The van der Waals surface area contributed by atoms with Gasteiger partial charge in [-0.3, -0.25) is 0 Å². The van der Waals surface area contributed by atoms with Gasteiger partial charge in [0.2, 0.25) is 10.0 Å². The van der Waals surface area contributed by atoms with Gasteiger partial charge in [0, 0.05) is 16.8 Å². The summed E-state index contributed by atoms with van der Waals surface area (Å²) < 4.78 is 33.2. The Hall–Kier alpha value is -1.48. The van der Waals surface area contributed by atoms with Crippen LogP contribution in [-0.4, -0.2) is 33.1 Å². The minimum absolute atomic E-state index is 0.139. The van der Waals surface area contributed by atoms with Crippen molar-refractivity contribution in [1.29, 1.82) is 0 Å². The molecule has 1 aromatic carbocycles. The predicted octanol–water partition coefficient (Wildman–Crippen LogP) is 2.09. The first-order valence-corrected chi connectivity index (χ1v) is 9.43. The first kappa shape index (κ1) is 17.9. The number of ether oxygens (including phenoxy) is 1. The number of nitrogens with one attached hydrogen (secondary N) is 1. The van der Waals surface area contributed by atoms with Gasteiger partial charge in [-0.15, -0.1) is 11.3 Å². The van der Waals surface area contributed by atoms with Crippen molar-refractivity contribution in [3.63, 3.8) is 0 Å². The monoisotopic (exact) mass is 356 g/mol. The molecule has 0 fully saturated rings. The Bertz CT molecular complexity index is 825. The highest BCUT2D eigenvalue weighted by molar-refractivity contribution is 7.89. The molecular weight excluding hydrogens is 336 g/mol. The van der Waals surface area contributed by atoms with Gasteiger partial charge in [0.05, 0.1) is 11.5 Å². The molecule has 6 nitrogen and oxygen atoms in total. The summed E-state index contributed by atoms with van der Waals surface area (Å²) in [7, 11) is -3.68. The lowest BCUT2D eigenvalue weighted by molar-refractivity contribution is 0.0532.